The molecule has 0 aliphatic carbocycles. The molecule has 19 heavy (non-hydrogen) atoms. The number of alkyl halides is 2. The van der Waals surface area contributed by atoms with Crippen LogP contribution >= 0.6 is 22.0 Å². The Kier molecular flexibility index (Phi) is 5.50. The summed E-state index contributed by atoms with van der Waals surface area (Å²) >= 11 is 0.607. The van der Waals surface area contributed by atoms with E-state index in [-0.39, 0.29) is 11.5 Å². The zero-order valence-corrected chi connectivity index (χ0v) is 11.9. The van der Waals surface area contributed by atoms with Gasteiger partial charge in [0.1, 0.15) is 9.77 Å². The number of esters is 1. The molecule has 0 fully saturated rings. The van der Waals surface area contributed by atoms with E-state index in [2.05, 4.69) is 4.74 Å². The molecule has 0 bridgehead atoms. The highest BCUT2D eigenvalue weighted by Crippen LogP contribution is 2.37. The minimum absolute atomic E-state index is 0.0730. The van der Waals surface area contributed by atoms with Gasteiger partial charge in [-0.25, -0.2) is 13.2 Å². The summed E-state index contributed by atoms with van der Waals surface area (Å²) in [5.74, 6) is -1.62. The number of carbonyl (C=O) groups excluding carboxylic acids is 1. The molecule has 5 nitrogen and oxygen atoms in total. The molecule has 1 rings (SSSR count). The minimum atomic E-state index is -4.41. The van der Waals surface area contributed by atoms with Crippen molar-refractivity contribution in [3.05, 3.63) is 10.3 Å². The molecule has 108 valence electrons. The summed E-state index contributed by atoms with van der Waals surface area (Å²) in [5, 5.41) is 0.962. The van der Waals surface area contributed by atoms with Crippen molar-refractivity contribution < 1.29 is 31.5 Å². The van der Waals surface area contributed by atoms with Crippen LogP contribution in [0.4, 0.5) is 8.78 Å². The van der Waals surface area contributed by atoms with E-state index in [9.17, 15) is 22.0 Å². The quantitative estimate of drug-likeness (QED) is 0.591. The number of hydrogen-bond acceptors (Lipinski definition) is 6. The number of carbonyl (C=O) groups is 1. The van der Waals surface area contributed by atoms with Gasteiger partial charge in [0.05, 0.1) is 6.61 Å². The van der Waals surface area contributed by atoms with Gasteiger partial charge in [0.25, 0.3) is 9.05 Å². The van der Waals surface area contributed by atoms with Crippen molar-refractivity contribution >= 4 is 37.0 Å². The minimum Gasteiger partial charge on any atom is -0.461 e. The highest BCUT2D eigenvalue weighted by Gasteiger charge is 2.30. The lowest BCUT2D eigenvalue weighted by atomic mass is 10.4. The van der Waals surface area contributed by atoms with Crippen molar-refractivity contribution in [1.29, 1.82) is 0 Å². The van der Waals surface area contributed by atoms with Crippen LogP contribution in [0.15, 0.2) is 10.3 Å². The second kappa shape index (κ2) is 6.49. The summed E-state index contributed by atoms with van der Waals surface area (Å²) in [5.41, 5.74) is 0. The average Bonchev–Trinajstić information content (AvgIpc) is 2.68. The summed E-state index contributed by atoms with van der Waals surface area (Å²) in [4.78, 5) is 10.4. The first kappa shape index (κ1) is 16.1. The summed E-state index contributed by atoms with van der Waals surface area (Å²) in [6, 6.07) is 0. The third-order valence-corrected chi connectivity index (χ3v) is 4.22. The fourth-order valence-electron chi connectivity index (χ4n) is 1.14. The Bertz CT molecular complexity index is 555. The molecule has 0 radical (unpaired) electrons. The molecule has 0 amide bonds. The van der Waals surface area contributed by atoms with Crippen molar-refractivity contribution in [2.75, 3.05) is 6.61 Å². The number of halogens is 3. The first-order valence-electron chi connectivity index (χ1n) is 4.95. The highest BCUT2D eigenvalue weighted by molar-refractivity contribution is 8.14. The Morgan fingerprint density at radius 1 is 1.53 bits per heavy atom. The van der Waals surface area contributed by atoms with Gasteiger partial charge in [0, 0.05) is 16.1 Å². The summed E-state index contributed by atoms with van der Waals surface area (Å²) in [6.45, 7) is -1.42. The van der Waals surface area contributed by atoms with Crippen molar-refractivity contribution in [3.63, 3.8) is 0 Å². The molecule has 0 unspecified atom stereocenters. The highest BCUT2D eigenvalue weighted by atomic mass is 35.7. The van der Waals surface area contributed by atoms with Crippen molar-refractivity contribution in [2.45, 2.75) is 24.9 Å². The lowest BCUT2D eigenvalue weighted by molar-refractivity contribution is -0.0514. The third kappa shape index (κ3) is 4.29. The second-order valence-corrected chi connectivity index (χ2v) is 6.59. The van der Waals surface area contributed by atoms with E-state index in [1.54, 1.807) is 6.92 Å². The largest absolute Gasteiger partial charge is 0.461 e. The number of rotatable bonds is 6. The zero-order chi connectivity index (χ0) is 14.6. The van der Waals surface area contributed by atoms with Crippen LogP contribution in [0.5, 0.6) is 5.75 Å². The molecule has 1 aromatic heterocycles. The van der Waals surface area contributed by atoms with E-state index in [1.165, 1.54) is 0 Å². The van der Waals surface area contributed by atoms with Gasteiger partial charge in [-0.2, -0.15) is 8.78 Å². The monoisotopic (exact) mass is 334 g/mol. The van der Waals surface area contributed by atoms with E-state index in [4.69, 9.17) is 15.4 Å². The average molecular weight is 335 g/mol. The fourth-order valence-corrected chi connectivity index (χ4v) is 3.70. The first-order valence-corrected chi connectivity index (χ1v) is 8.14. The van der Waals surface area contributed by atoms with Gasteiger partial charge in [-0.1, -0.05) is 6.92 Å². The maximum atomic E-state index is 12.1. The van der Waals surface area contributed by atoms with Gasteiger partial charge < -0.3 is 9.47 Å². The lowest BCUT2D eigenvalue weighted by Crippen LogP contribution is -2.09. The summed E-state index contributed by atoms with van der Waals surface area (Å²) in [7, 11) is 0.705. The maximum absolute atomic E-state index is 12.1. The summed E-state index contributed by atoms with van der Waals surface area (Å²) < 4.78 is 55.7. The molecule has 0 saturated carbocycles. The van der Waals surface area contributed by atoms with E-state index >= 15 is 0 Å². The Hall–Kier alpha value is -0.930. The van der Waals surface area contributed by atoms with Gasteiger partial charge in [-0.05, 0) is 6.42 Å². The van der Waals surface area contributed by atoms with Crippen LogP contribution in [-0.4, -0.2) is 27.6 Å². The second-order valence-electron chi connectivity index (χ2n) is 3.21. The topological polar surface area (TPSA) is 69.7 Å². The SMILES string of the molecule is CCCOC(=O)c1scc(OC(F)F)c1S(=O)(=O)Cl. The van der Waals surface area contributed by atoms with E-state index in [0.717, 1.165) is 5.38 Å². The molecular weight excluding hydrogens is 326 g/mol. The Morgan fingerprint density at radius 2 is 2.16 bits per heavy atom. The molecule has 1 heterocycles. The Morgan fingerprint density at radius 3 is 2.63 bits per heavy atom. The molecule has 0 aromatic carbocycles. The number of ether oxygens (including phenoxy) is 2. The molecule has 0 spiro atoms. The molecule has 0 saturated heterocycles. The van der Waals surface area contributed by atoms with Crippen molar-refractivity contribution in [2.24, 2.45) is 0 Å². The molecule has 10 heteroatoms. The van der Waals surface area contributed by atoms with Crippen molar-refractivity contribution in [1.82, 2.24) is 0 Å². The van der Waals surface area contributed by atoms with Gasteiger partial charge >= 0.3 is 12.6 Å². The smallest absolute Gasteiger partial charge is 0.387 e. The van der Waals surface area contributed by atoms with Gasteiger partial charge in [-0.15, -0.1) is 11.3 Å². The van der Waals surface area contributed by atoms with Crippen LogP contribution in [0, 0.1) is 0 Å². The predicted molar refractivity (Wildman–Crippen MR) is 64.6 cm³/mol. The van der Waals surface area contributed by atoms with Crippen LogP contribution in [0.3, 0.4) is 0 Å². The molecule has 0 N–H and O–H groups in total. The van der Waals surface area contributed by atoms with Crippen LogP contribution in [0.2, 0.25) is 0 Å². The predicted octanol–water partition coefficient (Wildman–Crippen LogP) is 2.84. The standard InChI is InChI=1S/C9H9ClF2O5S2/c1-2-3-16-8(13)6-7(19(10,14)15)5(4-18-6)17-9(11)12/h4,9H,2-3H2,1H3. The van der Waals surface area contributed by atoms with E-state index in [1.807, 2.05) is 0 Å². The van der Waals surface area contributed by atoms with Gasteiger partial charge in [0.2, 0.25) is 0 Å². The third-order valence-electron chi connectivity index (χ3n) is 1.80. The molecule has 0 atom stereocenters. The zero-order valence-electron chi connectivity index (χ0n) is 9.56. The Balaban J connectivity index is 3.19. The van der Waals surface area contributed by atoms with Gasteiger partial charge in [-0.3, -0.25) is 0 Å². The number of hydrogen-bond donors (Lipinski definition) is 0. The normalized spacial score (nSPS) is 11.6. The number of thiophene rings is 1. The lowest BCUT2D eigenvalue weighted by Gasteiger charge is -2.05. The van der Waals surface area contributed by atoms with Crippen molar-refractivity contribution in [3.8, 4) is 5.75 Å². The molecular formula is C9H9ClF2O5S2. The molecule has 0 aliphatic heterocycles. The van der Waals surface area contributed by atoms with Crippen LogP contribution in [0.25, 0.3) is 0 Å². The van der Waals surface area contributed by atoms with Gasteiger partial charge in [0.15, 0.2) is 5.75 Å². The Labute approximate surface area is 116 Å². The van der Waals surface area contributed by atoms with E-state index in [0.29, 0.717) is 17.8 Å². The van der Waals surface area contributed by atoms with Crippen LogP contribution < -0.4 is 4.74 Å². The fraction of sp³-hybridized carbons (Fsp3) is 0.444. The van der Waals surface area contributed by atoms with E-state index < -0.39 is 32.3 Å². The molecule has 1 aromatic rings. The molecule has 0 aliphatic rings. The first-order chi connectivity index (χ1) is 8.77. The summed E-state index contributed by atoms with van der Waals surface area (Å²) in [6.07, 6.45) is 0.528. The van der Waals surface area contributed by atoms with Crippen LogP contribution in [-0.2, 0) is 13.8 Å². The van der Waals surface area contributed by atoms with Crippen LogP contribution in [0.1, 0.15) is 23.0 Å². The maximum Gasteiger partial charge on any atom is 0.387 e.